The molecular weight excluding hydrogens is 380 g/mol. The topological polar surface area (TPSA) is 85.6 Å². The zero-order valence-corrected chi connectivity index (χ0v) is 14.2. The molecule has 0 aliphatic heterocycles. The number of anilines is 1. The van der Waals surface area contributed by atoms with E-state index in [9.17, 15) is 4.79 Å². The summed E-state index contributed by atoms with van der Waals surface area (Å²) < 4.78 is 2.74. The third-order valence-corrected chi connectivity index (χ3v) is 4.67. The summed E-state index contributed by atoms with van der Waals surface area (Å²) in [6.45, 7) is 0. The Balaban J connectivity index is 1.70. The van der Waals surface area contributed by atoms with Crippen LogP contribution in [0.5, 0.6) is 0 Å². The van der Waals surface area contributed by atoms with E-state index < -0.39 is 0 Å². The van der Waals surface area contributed by atoms with E-state index in [2.05, 4.69) is 41.8 Å². The first-order valence-electron chi connectivity index (χ1n) is 7.01. The maximum Gasteiger partial charge on any atom is 0.279 e. The number of hydrogen-bond acceptors (Lipinski definition) is 6. The number of amides is 1. The fourth-order valence-corrected chi connectivity index (χ4v) is 3.04. The van der Waals surface area contributed by atoms with Crippen LogP contribution in [-0.4, -0.2) is 31.1 Å². The van der Waals surface area contributed by atoms with Gasteiger partial charge in [0.05, 0.1) is 11.4 Å². The molecule has 3 aromatic rings. The highest BCUT2D eigenvalue weighted by atomic mass is 79.9. The van der Waals surface area contributed by atoms with Gasteiger partial charge in [-0.25, -0.2) is 4.68 Å². The van der Waals surface area contributed by atoms with Crippen molar-refractivity contribution in [3.05, 3.63) is 45.6 Å². The number of carbonyl (C=O) groups is 1. The Hall–Kier alpha value is -2.13. The van der Waals surface area contributed by atoms with Crippen molar-refractivity contribution in [3.63, 3.8) is 0 Å². The van der Waals surface area contributed by atoms with E-state index in [0.29, 0.717) is 16.7 Å². The number of carbonyl (C=O) groups excluding carboxylic acids is 1. The molecule has 0 radical (unpaired) electrons. The average molecular weight is 391 g/mol. The van der Waals surface area contributed by atoms with Crippen molar-refractivity contribution in [1.29, 1.82) is 0 Å². The number of halogens is 1. The van der Waals surface area contributed by atoms with Gasteiger partial charge in [-0.3, -0.25) is 10.1 Å². The summed E-state index contributed by atoms with van der Waals surface area (Å²) in [7, 11) is 0. The molecule has 0 unspecified atom stereocenters. The molecule has 0 atom stereocenters. The number of hydrogen-bond donors (Lipinski definition) is 1. The molecule has 116 valence electrons. The summed E-state index contributed by atoms with van der Waals surface area (Å²) in [6.07, 6.45) is 2.09. The highest BCUT2D eigenvalue weighted by Gasteiger charge is 2.34. The predicted octanol–water partition coefficient (Wildman–Crippen LogP) is 3.01. The van der Waals surface area contributed by atoms with E-state index in [0.717, 1.165) is 28.7 Å². The van der Waals surface area contributed by atoms with Crippen LogP contribution in [0.1, 0.15) is 34.9 Å². The van der Waals surface area contributed by atoms with Crippen molar-refractivity contribution in [2.24, 2.45) is 0 Å². The van der Waals surface area contributed by atoms with Gasteiger partial charge in [-0.15, -0.1) is 15.3 Å². The SMILES string of the molecule is O=C(Nc1nncs1)c1nnn(-c2ccc(Br)cc2)c1C1CC1. The molecule has 1 N–H and O–H groups in total. The number of benzene rings is 1. The molecule has 1 amide bonds. The van der Waals surface area contributed by atoms with Gasteiger partial charge in [0, 0.05) is 10.4 Å². The Morgan fingerprint density at radius 3 is 2.70 bits per heavy atom. The van der Waals surface area contributed by atoms with Gasteiger partial charge in [0.25, 0.3) is 5.91 Å². The van der Waals surface area contributed by atoms with Crippen molar-refractivity contribution in [3.8, 4) is 5.69 Å². The van der Waals surface area contributed by atoms with Gasteiger partial charge in [-0.2, -0.15) is 0 Å². The van der Waals surface area contributed by atoms with E-state index in [-0.39, 0.29) is 5.91 Å². The Kier molecular flexibility index (Phi) is 3.66. The Labute approximate surface area is 143 Å². The second-order valence-corrected chi connectivity index (χ2v) is 6.93. The Morgan fingerprint density at radius 2 is 2.04 bits per heavy atom. The average Bonchev–Trinajstić information content (AvgIpc) is 3.08. The van der Waals surface area contributed by atoms with Gasteiger partial charge in [-0.1, -0.05) is 32.5 Å². The van der Waals surface area contributed by atoms with Gasteiger partial charge >= 0.3 is 0 Å². The van der Waals surface area contributed by atoms with Gasteiger partial charge < -0.3 is 0 Å². The van der Waals surface area contributed by atoms with Crippen LogP contribution in [0.25, 0.3) is 5.69 Å². The van der Waals surface area contributed by atoms with Gasteiger partial charge in [0.15, 0.2) is 5.69 Å². The largest absolute Gasteiger partial charge is 0.295 e. The second kappa shape index (κ2) is 5.82. The molecule has 1 saturated carbocycles. The van der Waals surface area contributed by atoms with E-state index in [1.807, 2.05) is 24.3 Å². The molecular formula is C14H11BrN6OS. The standard InChI is InChI=1S/C14H11BrN6OS/c15-9-3-5-10(6-4-9)21-12(8-1-2-8)11(18-20-21)13(22)17-14-19-16-7-23-14/h3-8H,1-2H2,(H,17,19,22). The van der Waals surface area contributed by atoms with Crippen molar-refractivity contribution < 1.29 is 4.79 Å². The van der Waals surface area contributed by atoms with Crippen molar-refractivity contribution in [2.45, 2.75) is 18.8 Å². The molecule has 1 aliphatic carbocycles. The van der Waals surface area contributed by atoms with Crippen molar-refractivity contribution in [2.75, 3.05) is 5.32 Å². The summed E-state index contributed by atoms with van der Waals surface area (Å²) in [4.78, 5) is 12.5. The van der Waals surface area contributed by atoms with Crippen LogP contribution in [0.3, 0.4) is 0 Å². The molecule has 2 heterocycles. The normalized spacial score (nSPS) is 14.0. The van der Waals surface area contributed by atoms with Crippen LogP contribution in [0.15, 0.2) is 34.2 Å². The van der Waals surface area contributed by atoms with Crippen LogP contribution in [-0.2, 0) is 0 Å². The first kappa shape index (κ1) is 14.5. The minimum Gasteiger partial charge on any atom is -0.295 e. The van der Waals surface area contributed by atoms with E-state index >= 15 is 0 Å². The summed E-state index contributed by atoms with van der Waals surface area (Å²) in [5.74, 6) is 0.0239. The smallest absolute Gasteiger partial charge is 0.279 e. The maximum absolute atomic E-state index is 12.5. The highest BCUT2D eigenvalue weighted by Crippen LogP contribution is 2.42. The van der Waals surface area contributed by atoms with Crippen LogP contribution >= 0.6 is 27.3 Å². The first-order chi connectivity index (χ1) is 11.2. The fraction of sp³-hybridized carbons (Fsp3) is 0.214. The van der Waals surface area contributed by atoms with Crippen LogP contribution < -0.4 is 5.32 Å². The lowest BCUT2D eigenvalue weighted by Gasteiger charge is -2.07. The maximum atomic E-state index is 12.5. The molecule has 23 heavy (non-hydrogen) atoms. The molecule has 4 rings (SSSR count). The lowest BCUT2D eigenvalue weighted by Crippen LogP contribution is -2.15. The summed E-state index contributed by atoms with van der Waals surface area (Å²) in [5.41, 5.74) is 3.66. The minimum absolute atomic E-state index is 0.299. The first-order valence-corrected chi connectivity index (χ1v) is 8.68. The van der Waals surface area contributed by atoms with Gasteiger partial charge in [0.1, 0.15) is 5.51 Å². The highest BCUT2D eigenvalue weighted by molar-refractivity contribution is 9.10. The van der Waals surface area contributed by atoms with Gasteiger partial charge in [0.2, 0.25) is 5.13 Å². The van der Waals surface area contributed by atoms with Gasteiger partial charge in [-0.05, 0) is 37.1 Å². The lowest BCUT2D eigenvalue weighted by molar-refractivity contribution is 0.102. The zero-order valence-electron chi connectivity index (χ0n) is 11.8. The van der Waals surface area contributed by atoms with Crippen LogP contribution in [0.2, 0.25) is 0 Å². The zero-order chi connectivity index (χ0) is 15.8. The molecule has 9 heteroatoms. The number of nitrogens with one attached hydrogen (secondary N) is 1. The monoisotopic (exact) mass is 390 g/mol. The van der Waals surface area contributed by atoms with Crippen molar-refractivity contribution >= 4 is 38.3 Å². The summed E-state index contributed by atoms with van der Waals surface area (Å²) in [6, 6.07) is 7.76. The third-order valence-electron chi connectivity index (χ3n) is 3.54. The molecule has 2 aromatic heterocycles. The van der Waals surface area contributed by atoms with E-state index in [4.69, 9.17) is 0 Å². The minimum atomic E-state index is -0.299. The molecule has 1 aliphatic rings. The third kappa shape index (κ3) is 2.89. The van der Waals surface area contributed by atoms with Crippen LogP contribution in [0, 0.1) is 0 Å². The fourth-order valence-electron chi connectivity index (χ4n) is 2.33. The summed E-state index contributed by atoms with van der Waals surface area (Å²) in [5, 5.41) is 19.0. The number of nitrogens with zero attached hydrogens (tertiary/aromatic N) is 5. The molecule has 1 aromatic carbocycles. The van der Waals surface area contributed by atoms with Crippen LogP contribution in [0.4, 0.5) is 5.13 Å². The Morgan fingerprint density at radius 1 is 1.26 bits per heavy atom. The number of rotatable bonds is 4. The Bertz CT molecular complexity index is 841. The number of aromatic nitrogens is 5. The summed E-state index contributed by atoms with van der Waals surface area (Å²) >= 11 is 4.68. The molecule has 1 fully saturated rings. The predicted molar refractivity (Wildman–Crippen MR) is 88.9 cm³/mol. The molecule has 0 saturated heterocycles. The van der Waals surface area contributed by atoms with E-state index in [1.54, 1.807) is 10.2 Å². The lowest BCUT2D eigenvalue weighted by atomic mass is 10.2. The molecule has 0 spiro atoms. The van der Waals surface area contributed by atoms with Crippen molar-refractivity contribution in [1.82, 2.24) is 25.2 Å². The second-order valence-electron chi connectivity index (χ2n) is 5.18. The molecule has 7 nitrogen and oxygen atoms in total. The quantitative estimate of drug-likeness (QED) is 0.739. The molecule has 0 bridgehead atoms. The van der Waals surface area contributed by atoms with E-state index in [1.165, 1.54) is 11.3 Å².